The molecule has 0 saturated heterocycles. The number of oxazole rings is 1. The van der Waals surface area contributed by atoms with Gasteiger partial charge in [0, 0.05) is 10.4 Å². The Morgan fingerprint density at radius 3 is 2.74 bits per heavy atom. The van der Waals surface area contributed by atoms with E-state index in [4.69, 9.17) is 21.1 Å². The van der Waals surface area contributed by atoms with Crippen molar-refractivity contribution >= 4 is 28.6 Å². The van der Waals surface area contributed by atoms with Crippen molar-refractivity contribution in [2.45, 2.75) is 45.6 Å². The van der Waals surface area contributed by atoms with Crippen LogP contribution >= 0.6 is 11.6 Å². The molecule has 2 aromatic carbocycles. The van der Waals surface area contributed by atoms with Gasteiger partial charge in [0.15, 0.2) is 12.0 Å². The number of rotatable bonds is 5. The molecule has 1 amide bonds. The molecule has 1 unspecified atom stereocenters. The van der Waals surface area contributed by atoms with Crippen molar-refractivity contribution in [3.05, 3.63) is 76.9 Å². The zero-order valence-electron chi connectivity index (χ0n) is 18.0. The van der Waals surface area contributed by atoms with E-state index in [1.54, 1.807) is 0 Å². The van der Waals surface area contributed by atoms with E-state index in [9.17, 15) is 4.79 Å². The molecule has 0 aliphatic rings. The van der Waals surface area contributed by atoms with Crippen LogP contribution in [0.1, 0.15) is 50.6 Å². The van der Waals surface area contributed by atoms with Gasteiger partial charge in [0.25, 0.3) is 0 Å². The van der Waals surface area contributed by atoms with Gasteiger partial charge in [-0.2, -0.15) is 5.10 Å². The van der Waals surface area contributed by atoms with Gasteiger partial charge in [-0.25, -0.2) is 9.67 Å². The largest absolute Gasteiger partial charge is 0.443 e. The molecule has 0 saturated carbocycles. The third kappa shape index (κ3) is 4.49. The molecule has 160 valence electrons. The standard InChI is InChI=1S/C24H25ClN4O2/c1-15(16-8-9-21-20(10-16)27-14-31-21)23(30)26-13-19-12-22(24(2,3)4)28-29(19)18-7-5-6-17(25)11-18/h5-12,14-15H,13H2,1-4H3,(H,26,30). The molecule has 4 rings (SSSR count). The average Bonchev–Trinajstić information content (AvgIpc) is 3.37. The summed E-state index contributed by atoms with van der Waals surface area (Å²) in [5.74, 6) is -0.398. The third-order valence-electron chi connectivity index (χ3n) is 5.30. The number of amides is 1. The Morgan fingerprint density at radius 2 is 2.00 bits per heavy atom. The van der Waals surface area contributed by atoms with E-state index in [0.717, 1.165) is 28.2 Å². The maximum absolute atomic E-state index is 12.9. The fraction of sp³-hybridized carbons (Fsp3) is 0.292. The van der Waals surface area contributed by atoms with E-state index >= 15 is 0 Å². The Balaban J connectivity index is 1.56. The summed E-state index contributed by atoms with van der Waals surface area (Å²) in [7, 11) is 0. The normalized spacial score (nSPS) is 12.8. The number of benzene rings is 2. The summed E-state index contributed by atoms with van der Waals surface area (Å²) in [5, 5.41) is 8.48. The smallest absolute Gasteiger partial charge is 0.227 e. The van der Waals surface area contributed by atoms with Gasteiger partial charge in [0.2, 0.25) is 5.91 Å². The molecule has 1 N–H and O–H groups in total. The Labute approximate surface area is 186 Å². The topological polar surface area (TPSA) is 73.0 Å². The molecule has 0 radical (unpaired) electrons. The van der Waals surface area contributed by atoms with Crippen LogP contribution in [0.3, 0.4) is 0 Å². The number of hydrogen-bond donors (Lipinski definition) is 1. The molecule has 0 fully saturated rings. The van der Waals surface area contributed by atoms with Gasteiger partial charge < -0.3 is 9.73 Å². The van der Waals surface area contributed by atoms with Crippen LogP contribution in [0, 0.1) is 0 Å². The van der Waals surface area contributed by atoms with Crippen LogP contribution in [0.4, 0.5) is 0 Å². The van der Waals surface area contributed by atoms with Crippen LogP contribution in [-0.4, -0.2) is 20.7 Å². The number of nitrogens with one attached hydrogen (secondary N) is 1. The summed E-state index contributed by atoms with van der Waals surface area (Å²) >= 11 is 6.19. The average molecular weight is 437 g/mol. The van der Waals surface area contributed by atoms with Gasteiger partial charge in [0.05, 0.1) is 29.5 Å². The second-order valence-corrected chi connectivity index (χ2v) is 9.12. The van der Waals surface area contributed by atoms with Crippen molar-refractivity contribution in [2.75, 3.05) is 0 Å². The molecule has 6 nitrogen and oxygen atoms in total. The predicted molar refractivity (Wildman–Crippen MR) is 122 cm³/mol. The summed E-state index contributed by atoms with van der Waals surface area (Å²) < 4.78 is 7.13. The van der Waals surface area contributed by atoms with Gasteiger partial charge in [-0.1, -0.05) is 44.5 Å². The first kappa shape index (κ1) is 21.1. The maximum Gasteiger partial charge on any atom is 0.227 e. The van der Waals surface area contributed by atoms with Crippen molar-refractivity contribution in [3.8, 4) is 5.69 Å². The van der Waals surface area contributed by atoms with Gasteiger partial charge in [0.1, 0.15) is 5.52 Å². The Morgan fingerprint density at radius 1 is 1.19 bits per heavy atom. The van der Waals surface area contributed by atoms with Crippen LogP contribution in [0.15, 0.2) is 59.3 Å². The van der Waals surface area contributed by atoms with Crippen molar-refractivity contribution in [2.24, 2.45) is 0 Å². The SMILES string of the molecule is CC(C(=O)NCc1cc(C(C)(C)C)nn1-c1cccc(Cl)c1)c1ccc2ocnc2c1. The van der Waals surface area contributed by atoms with Crippen LogP contribution in [-0.2, 0) is 16.8 Å². The molecule has 7 heteroatoms. The molecule has 0 spiro atoms. The first-order valence-electron chi connectivity index (χ1n) is 10.2. The lowest BCUT2D eigenvalue weighted by atomic mass is 9.92. The molecule has 4 aromatic rings. The Kier molecular flexibility index (Phi) is 5.58. The molecular formula is C24H25ClN4O2. The number of fused-ring (bicyclic) bond motifs is 1. The molecule has 1 atom stereocenters. The monoisotopic (exact) mass is 436 g/mol. The zero-order valence-corrected chi connectivity index (χ0v) is 18.8. The van der Waals surface area contributed by atoms with Crippen molar-refractivity contribution in [3.63, 3.8) is 0 Å². The van der Waals surface area contributed by atoms with Gasteiger partial charge >= 0.3 is 0 Å². The molecule has 2 aromatic heterocycles. The highest BCUT2D eigenvalue weighted by atomic mass is 35.5. The van der Waals surface area contributed by atoms with Crippen LogP contribution < -0.4 is 5.32 Å². The highest BCUT2D eigenvalue weighted by molar-refractivity contribution is 6.30. The summed E-state index contributed by atoms with van der Waals surface area (Å²) in [5.41, 5.74) is 4.90. The van der Waals surface area contributed by atoms with E-state index in [-0.39, 0.29) is 17.2 Å². The molecule has 0 aliphatic carbocycles. The van der Waals surface area contributed by atoms with Crippen molar-refractivity contribution < 1.29 is 9.21 Å². The number of carbonyl (C=O) groups is 1. The van der Waals surface area contributed by atoms with Crippen LogP contribution in [0.2, 0.25) is 5.02 Å². The first-order valence-corrected chi connectivity index (χ1v) is 10.6. The Hall–Kier alpha value is -3.12. The number of hydrogen-bond acceptors (Lipinski definition) is 4. The summed E-state index contributed by atoms with van der Waals surface area (Å²) in [6.45, 7) is 8.57. The lowest BCUT2D eigenvalue weighted by Gasteiger charge is -2.14. The third-order valence-corrected chi connectivity index (χ3v) is 5.53. The minimum Gasteiger partial charge on any atom is -0.443 e. The molecule has 0 bridgehead atoms. The minimum atomic E-state index is -0.328. The summed E-state index contributed by atoms with van der Waals surface area (Å²) in [4.78, 5) is 17.1. The van der Waals surface area contributed by atoms with Crippen LogP contribution in [0.5, 0.6) is 0 Å². The number of nitrogens with zero attached hydrogens (tertiary/aromatic N) is 3. The minimum absolute atomic E-state index is 0.0704. The van der Waals surface area contributed by atoms with E-state index in [2.05, 4.69) is 31.1 Å². The fourth-order valence-corrected chi connectivity index (χ4v) is 3.55. The second kappa shape index (κ2) is 8.19. The molecule has 31 heavy (non-hydrogen) atoms. The highest BCUT2D eigenvalue weighted by Gasteiger charge is 2.22. The zero-order chi connectivity index (χ0) is 22.2. The lowest BCUT2D eigenvalue weighted by Crippen LogP contribution is -2.28. The highest BCUT2D eigenvalue weighted by Crippen LogP contribution is 2.25. The summed E-state index contributed by atoms with van der Waals surface area (Å²) in [6, 6.07) is 15.2. The van der Waals surface area contributed by atoms with Crippen molar-refractivity contribution in [1.82, 2.24) is 20.1 Å². The van der Waals surface area contributed by atoms with Crippen molar-refractivity contribution in [1.29, 1.82) is 0 Å². The van der Waals surface area contributed by atoms with E-state index in [1.807, 2.05) is 60.1 Å². The first-order chi connectivity index (χ1) is 14.7. The lowest BCUT2D eigenvalue weighted by molar-refractivity contribution is -0.122. The van der Waals surface area contributed by atoms with Gasteiger partial charge in [-0.3, -0.25) is 4.79 Å². The van der Waals surface area contributed by atoms with Gasteiger partial charge in [-0.15, -0.1) is 0 Å². The quantitative estimate of drug-likeness (QED) is 0.455. The molecule has 2 heterocycles. The number of halogens is 1. The van der Waals surface area contributed by atoms with E-state index in [0.29, 0.717) is 17.2 Å². The van der Waals surface area contributed by atoms with E-state index in [1.165, 1.54) is 6.39 Å². The number of aromatic nitrogens is 3. The fourth-order valence-electron chi connectivity index (χ4n) is 3.37. The second-order valence-electron chi connectivity index (χ2n) is 8.68. The number of carbonyl (C=O) groups excluding carboxylic acids is 1. The molecule has 0 aliphatic heterocycles. The predicted octanol–water partition coefficient (Wildman–Crippen LogP) is 5.38. The summed E-state index contributed by atoms with van der Waals surface area (Å²) in [6.07, 6.45) is 1.41. The van der Waals surface area contributed by atoms with Gasteiger partial charge in [-0.05, 0) is 48.9 Å². The maximum atomic E-state index is 12.9. The Bertz CT molecular complexity index is 1240. The molecular weight excluding hydrogens is 412 g/mol. The van der Waals surface area contributed by atoms with Crippen LogP contribution in [0.25, 0.3) is 16.8 Å². The van der Waals surface area contributed by atoms with E-state index < -0.39 is 0 Å².